The lowest BCUT2D eigenvalue weighted by Crippen LogP contribution is -2.26. The van der Waals surface area contributed by atoms with Crippen LogP contribution in [0.1, 0.15) is 65.9 Å². The first-order valence-corrected chi connectivity index (χ1v) is 10.9. The van der Waals surface area contributed by atoms with Gasteiger partial charge in [0.15, 0.2) is 5.65 Å². The summed E-state index contributed by atoms with van der Waals surface area (Å²) in [6.07, 6.45) is 2.56. The van der Waals surface area contributed by atoms with E-state index in [4.69, 9.17) is 9.47 Å². The minimum absolute atomic E-state index is 0.0564. The highest BCUT2D eigenvalue weighted by Gasteiger charge is 2.49. The third-order valence-corrected chi connectivity index (χ3v) is 5.15. The molecule has 33 heavy (non-hydrogen) atoms. The number of fused-ring (bicyclic) bond motifs is 1. The van der Waals surface area contributed by atoms with Gasteiger partial charge in [0, 0.05) is 30.6 Å². The van der Waals surface area contributed by atoms with Crippen molar-refractivity contribution in [2.75, 3.05) is 0 Å². The van der Waals surface area contributed by atoms with Gasteiger partial charge in [-0.05, 0) is 59.9 Å². The number of aliphatic hydroxyl groups is 1. The molecule has 1 saturated carbocycles. The fourth-order valence-electron chi connectivity index (χ4n) is 3.82. The Morgan fingerprint density at radius 2 is 1.79 bits per heavy atom. The molecule has 0 aromatic carbocycles. The van der Waals surface area contributed by atoms with Gasteiger partial charge in [0.1, 0.15) is 17.3 Å². The molecule has 10 heteroatoms. The van der Waals surface area contributed by atoms with Crippen LogP contribution in [-0.2, 0) is 0 Å². The predicted octanol–water partition coefficient (Wildman–Crippen LogP) is 4.41. The molecular formula is C23H29F2N5O3. The number of ether oxygens (including phenoxy) is 2. The van der Waals surface area contributed by atoms with Gasteiger partial charge < -0.3 is 14.6 Å². The van der Waals surface area contributed by atoms with Crippen molar-refractivity contribution in [1.82, 2.24) is 24.6 Å². The van der Waals surface area contributed by atoms with E-state index in [9.17, 15) is 13.9 Å². The summed E-state index contributed by atoms with van der Waals surface area (Å²) in [5.41, 5.74) is 0.923. The molecule has 1 fully saturated rings. The highest BCUT2D eigenvalue weighted by molar-refractivity contribution is 5.67. The average molecular weight is 462 g/mol. The van der Waals surface area contributed by atoms with Crippen LogP contribution in [0.2, 0.25) is 0 Å². The molecule has 1 N–H and O–H groups in total. The van der Waals surface area contributed by atoms with E-state index in [1.165, 1.54) is 4.52 Å². The number of aromatic nitrogens is 5. The molecule has 3 aromatic heterocycles. The third-order valence-electron chi connectivity index (χ3n) is 5.15. The van der Waals surface area contributed by atoms with Crippen molar-refractivity contribution in [2.45, 2.75) is 83.5 Å². The van der Waals surface area contributed by atoms with Gasteiger partial charge in [-0.25, -0.2) is 23.3 Å². The lowest BCUT2D eigenvalue weighted by molar-refractivity contribution is -0.0854. The number of hydrogen-bond acceptors (Lipinski definition) is 7. The van der Waals surface area contributed by atoms with Gasteiger partial charge in [-0.3, -0.25) is 0 Å². The van der Waals surface area contributed by atoms with Crippen LogP contribution in [0.15, 0.2) is 24.7 Å². The second-order valence-corrected chi connectivity index (χ2v) is 10.4. The van der Waals surface area contributed by atoms with Crippen molar-refractivity contribution >= 4 is 5.65 Å². The van der Waals surface area contributed by atoms with Gasteiger partial charge in [0.25, 0.3) is 5.92 Å². The van der Waals surface area contributed by atoms with Gasteiger partial charge in [0.05, 0.1) is 11.3 Å². The second kappa shape index (κ2) is 7.86. The van der Waals surface area contributed by atoms with Gasteiger partial charge in [-0.1, -0.05) is 0 Å². The van der Waals surface area contributed by atoms with E-state index < -0.39 is 35.6 Å². The molecule has 0 bridgehead atoms. The molecule has 3 heterocycles. The van der Waals surface area contributed by atoms with Gasteiger partial charge in [0.2, 0.25) is 5.88 Å². The Morgan fingerprint density at radius 3 is 2.39 bits per heavy atom. The van der Waals surface area contributed by atoms with Crippen LogP contribution in [0.3, 0.4) is 0 Å². The smallest absolute Gasteiger partial charge is 0.320 e. The number of nitrogens with zero attached hydrogens (tertiary/aromatic N) is 5. The van der Waals surface area contributed by atoms with Crippen molar-refractivity contribution in [3.63, 3.8) is 0 Å². The normalized spacial score (nSPS) is 20.9. The predicted molar refractivity (Wildman–Crippen MR) is 118 cm³/mol. The van der Waals surface area contributed by atoms with E-state index in [0.717, 1.165) is 0 Å². The molecule has 8 nitrogen and oxygen atoms in total. The summed E-state index contributed by atoms with van der Waals surface area (Å²) >= 11 is 0. The van der Waals surface area contributed by atoms with Crippen LogP contribution < -0.4 is 9.47 Å². The maximum atomic E-state index is 14.1. The monoisotopic (exact) mass is 461 g/mol. The van der Waals surface area contributed by atoms with E-state index in [1.54, 1.807) is 24.7 Å². The van der Waals surface area contributed by atoms with E-state index in [0.29, 0.717) is 22.5 Å². The Hall–Kier alpha value is -2.88. The number of alkyl halides is 2. The van der Waals surface area contributed by atoms with Crippen LogP contribution in [-0.4, -0.2) is 52.9 Å². The summed E-state index contributed by atoms with van der Waals surface area (Å²) in [5.74, 6) is -3.45. The van der Waals surface area contributed by atoms with Crippen LogP contribution in [0.4, 0.5) is 8.78 Å². The zero-order valence-corrected chi connectivity index (χ0v) is 19.6. The first-order chi connectivity index (χ1) is 15.2. The number of aliphatic hydroxyl groups excluding tert-OH is 1. The average Bonchev–Trinajstić information content (AvgIpc) is 3.22. The summed E-state index contributed by atoms with van der Waals surface area (Å²) in [6.45, 7) is 11.3. The lowest BCUT2D eigenvalue weighted by Gasteiger charge is -2.24. The van der Waals surface area contributed by atoms with Crippen molar-refractivity contribution in [3.05, 3.63) is 30.2 Å². The molecule has 0 amide bonds. The van der Waals surface area contributed by atoms with Gasteiger partial charge in [-0.2, -0.15) is 10.1 Å². The number of imidazole rings is 1. The van der Waals surface area contributed by atoms with Crippen molar-refractivity contribution in [3.8, 4) is 23.1 Å². The molecule has 2 unspecified atom stereocenters. The lowest BCUT2D eigenvalue weighted by atomic mass is 9.97. The molecule has 1 aliphatic carbocycles. The van der Waals surface area contributed by atoms with E-state index in [2.05, 4.69) is 20.1 Å². The number of halogens is 2. The Labute approximate surface area is 191 Å². The Bertz CT molecular complexity index is 1170. The van der Waals surface area contributed by atoms with E-state index >= 15 is 0 Å². The Morgan fingerprint density at radius 1 is 1.09 bits per heavy atom. The molecule has 1 aliphatic rings. The minimum atomic E-state index is -3.15. The van der Waals surface area contributed by atoms with Crippen LogP contribution >= 0.6 is 0 Å². The van der Waals surface area contributed by atoms with Crippen molar-refractivity contribution < 1.29 is 23.4 Å². The molecule has 0 radical (unpaired) electrons. The number of hydrogen-bond donors (Lipinski definition) is 1. The molecule has 178 valence electrons. The molecule has 2 atom stereocenters. The van der Waals surface area contributed by atoms with Gasteiger partial charge >= 0.3 is 6.01 Å². The zero-order valence-electron chi connectivity index (χ0n) is 19.6. The SMILES string of the molecule is CC(C)(C)Oc1ncc(-c2cc(C3CC(O)C(F)(F)C3)c3nccn3n2)c(OC(C)(C)C)n1. The standard InChI is InChI=1S/C23H29F2N5O3/c1-21(2,3)32-19-15(12-27-20(28-19)33-22(4,5)6)16-10-14(18-26-7-8-30(18)29-16)13-9-17(31)23(24,25)11-13/h7-8,10,12-13,17,31H,9,11H2,1-6H3. The summed E-state index contributed by atoms with van der Waals surface area (Å²) in [4.78, 5) is 13.1. The van der Waals surface area contributed by atoms with Crippen LogP contribution in [0.5, 0.6) is 11.9 Å². The van der Waals surface area contributed by atoms with Crippen molar-refractivity contribution in [2.24, 2.45) is 0 Å². The van der Waals surface area contributed by atoms with Crippen molar-refractivity contribution in [1.29, 1.82) is 0 Å². The van der Waals surface area contributed by atoms with E-state index in [-0.39, 0.29) is 18.3 Å². The Kier molecular flexibility index (Phi) is 5.55. The van der Waals surface area contributed by atoms with E-state index in [1.807, 2.05) is 41.5 Å². The molecule has 0 spiro atoms. The fraction of sp³-hybridized carbons (Fsp3) is 0.565. The summed E-state index contributed by atoms with van der Waals surface area (Å²) < 4.78 is 41.6. The molecule has 4 rings (SSSR count). The second-order valence-electron chi connectivity index (χ2n) is 10.4. The largest absolute Gasteiger partial charge is 0.471 e. The molecule has 0 aliphatic heterocycles. The highest BCUT2D eigenvalue weighted by atomic mass is 19.3. The maximum Gasteiger partial charge on any atom is 0.320 e. The highest BCUT2D eigenvalue weighted by Crippen LogP contribution is 2.46. The summed E-state index contributed by atoms with van der Waals surface area (Å²) in [6, 6.07) is 1.87. The van der Waals surface area contributed by atoms with Gasteiger partial charge in [-0.15, -0.1) is 0 Å². The molecular weight excluding hydrogens is 432 g/mol. The fourth-order valence-corrected chi connectivity index (χ4v) is 3.82. The summed E-state index contributed by atoms with van der Waals surface area (Å²) in [5, 5.41) is 14.4. The third kappa shape index (κ3) is 5.05. The molecule has 0 saturated heterocycles. The topological polar surface area (TPSA) is 94.7 Å². The summed E-state index contributed by atoms with van der Waals surface area (Å²) in [7, 11) is 0. The molecule has 3 aromatic rings. The quantitative estimate of drug-likeness (QED) is 0.615. The zero-order chi connectivity index (χ0) is 24.2. The first kappa shape index (κ1) is 23.3. The van der Waals surface area contributed by atoms with Crippen LogP contribution in [0, 0.1) is 0 Å². The maximum absolute atomic E-state index is 14.1. The Balaban J connectivity index is 1.83. The van der Waals surface area contributed by atoms with Crippen LogP contribution in [0.25, 0.3) is 16.9 Å². The number of rotatable bonds is 4. The minimum Gasteiger partial charge on any atom is -0.471 e. The first-order valence-electron chi connectivity index (χ1n) is 10.9.